The average molecular weight is 500 g/mol. The van der Waals surface area contributed by atoms with Gasteiger partial charge in [0.1, 0.15) is 0 Å². The first-order chi connectivity index (χ1) is 17.0. The van der Waals surface area contributed by atoms with Gasteiger partial charge < -0.3 is 0 Å². The summed E-state index contributed by atoms with van der Waals surface area (Å²) in [6, 6.07) is 24.0. The molecule has 1 unspecified atom stereocenters. The van der Waals surface area contributed by atoms with Gasteiger partial charge in [0.25, 0.3) is 5.56 Å². The molecule has 0 bridgehead atoms. The van der Waals surface area contributed by atoms with E-state index in [0.29, 0.717) is 10.5 Å². The van der Waals surface area contributed by atoms with E-state index in [1.165, 1.54) is 16.9 Å². The second-order valence-electron chi connectivity index (χ2n) is 8.18. The summed E-state index contributed by atoms with van der Waals surface area (Å²) in [6.45, 7) is 4.03. The highest BCUT2D eigenvalue weighted by molar-refractivity contribution is 7.14. The van der Waals surface area contributed by atoms with Crippen molar-refractivity contribution in [2.45, 2.75) is 19.8 Å². The van der Waals surface area contributed by atoms with Crippen LogP contribution in [0.15, 0.2) is 98.4 Å². The van der Waals surface area contributed by atoms with E-state index in [0.717, 1.165) is 22.0 Å². The Kier molecular flexibility index (Phi) is 6.48. The molecule has 5 aromatic rings. The van der Waals surface area contributed by atoms with Crippen LogP contribution in [-0.2, 0) is 7.05 Å². The first-order valence-electron chi connectivity index (χ1n) is 11.3. The van der Waals surface area contributed by atoms with E-state index in [4.69, 9.17) is 10.1 Å². The second-order valence-corrected chi connectivity index (χ2v) is 9.96. The van der Waals surface area contributed by atoms with Crippen molar-refractivity contribution in [1.82, 2.24) is 14.0 Å². The predicted octanol–water partition coefficient (Wildman–Crippen LogP) is 5.95. The maximum Gasteiger partial charge on any atom is 0.297 e. The smallest absolute Gasteiger partial charge is 0.283 e. The normalized spacial score (nSPS) is 13.1. The minimum atomic E-state index is -0.157. The predicted molar refractivity (Wildman–Crippen MR) is 145 cm³/mol. The minimum absolute atomic E-state index is 0.126. The molecule has 5 rings (SSSR count). The van der Waals surface area contributed by atoms with Gasteiger partial charge in [0.05, 0.1) is 22.0 Å². The third-order valence-corrected chi connectivity index (χ3v) is 7.63. The fraction of sp³-hybridized carbons (Fsp3) is 0.148. The van der Waals surface area contributed by atoms with Crippen molar-refractivity contribution in [3.63, 3.8) is 0 Å². The molecule has 0 spiro atoms. The molecule has 0 saturated heterocycles. The number of para-hydroxylation sites is 1. The Labute approximate surface area is 211 Å². The molecule has 35 heavy (non-hydrogen) atoms. The number of thiophene rings is 1. The fourth-order valence-electron chi connectivity index (χ4n) is 3.87. The Morgan fingerprint density at radius 1 is 0.943 bits per heavy atom. The maximum absolute atomic E-state index is 13.4. The highest BCUT2D eigenvalue weighted by Gasteiger charge is 2.17. The minimum Gasteiger partial charge on any atom is -0.283 e. The quantitative estimate of drug-likeness (QED) is 0.267. The van der Waals surface area contributed by atoms with Crippen LogP contribution in [0.25, 0.3) is 16.3 Å². The van der Waals surface area contributed by atoms with Crippen molar-refractivity contribution in [1.29, 1.82) is 0 Å². The summed E-state index contributed by atoms with van der Waals surface area (Å²) < 4.78 is 5.33. The molecule has 2 aromatic carbocycles. The summed E-state index contributed by atoms with van der Waals surface area (Å²) in [5.41, 5.74) is 3.99. The van der Waals surface area contributed by atoms with Crippen LogP contribution in [0.1, 0.15) is 24.1 Å². The molecule has 0 saturated carbocycles. The Morgan fingerprint density at radius 3 is 2.34 bits per heavy atom. The topological polar surface area (TPSA) is 56.6 Å². The molecule has 3 heterocycles. The number of thiazole rings is 1. The summed E-state index contributed by atoms with van der Waals surface area (Å²) in [5.74, 6) is 0.126. The SMILES string of the molecule is Cc1c(N=c2scc(-c3cccs3)n2N=CC(C)c2ccccc2)c(=O)n(-c2ccccc2)n1C. The van der Waals surface area contributed by atoms with Crippen LogP contribution in [-0.4, -0.2) is 20.3 Å². The lowest BCUT2D eigenvalue weighted by Crippen LogP contribution is -2.20. The van der Waals surface area contributed by atoms with Crippen LogP contribution in [0.4, 0.5) is 5.69 Å². The third-order valence-electron chi connectivity index (χ3n) is 5.92. The number of hydrogen-bond acceptors (Lipinski definition) is 5. The number of aromatic nitrogens is 3. The molecule has 0 radical (unpaired) electrons. The zero-order valence-electron chi connectivity index (χ0n) is 19.7. The van der Waals surface area contributed by atoms with E-state index in [-0.39, 0.29) is 11.5 Å². The van der Waals surface area contributed by atoms with Gasteiger partial charge in [-0.15, -0.1) is 22.7 Å². The zero-order chi connectivity index (χ0) is 24.4. The van der Waals surface area contributed by atoms with E-state index in [1.807, 2.05) is 94.9 Å². The largest absolute Gasteiger partial charge is 0.297 e. The molecule has 0 aliphatic carbocycles. The van der Waals surface area contributed by atoms with Gasteiger partial charge in [0, 0.05) is 24.6 Å². The zero-order valence-corrected chi connectivity index (χ0v) is 21.3. The van der Waals surface area contributed by atoms with Crippen LogP contribution in [0.5, 0.6) is 0 Å². The number of nitrogens with zero attached hydrogens (tertiary/aromatic N) is 5. The van der Waals surface area contributed by atoms with Crippen LogP contribution in [0.2, 0.25) is 0 Å². The lowest BCUT2D eigenvalue weighted by molar-refractivity contribution is 0.630. The van der Waals surface area contributed by atoms with Crippen molar-refractivity contribution in [3.05, 3.63) is 110 Å². The molecule has 1 atom stereocenters. The first-order valence-corrected chi connectivity index (χ1v) is 13.0. The Hall–Kier alpha value is -3.75. The van der Waals surface area contributed by atoms with Gasteiger partial charge in [-0.3, -0.25) is 9.48 Å². The van der Waals surface area contributed by atoms with E-state index >= 15 is 0 Å². The van der Waals surface area contributed by atoms with Crippen molar-refractivity contribution in [2.75, 3.05) is 0 Å². The molecule has 0 aliphatic rings. The Bertz CT molecular complexity index is 1590. The van der Waals surface area contributed by atoms with E-state index in [9.17, 15) is 4.79 Å². The molecule has 3 aromatic heterocycles. The maximum atomic E-state index is 13.4. The van der Waals surface area contributed by atoms with Crippen molar-refractivity contribution in [2.24, 2.45) is 17.1 Å². The van der Waals surface area contributed by atoms with Gasteiger partial charge in [-0.2, -0.15) is 5.10 Å². The van der Waals surface area contributed by atoms with Gasteiger partial charge in [0.2, 0.25) is 4.80 Å². The lowest BCUT2D eigenvalue weighted by atomic mass is 10.0. The summed E-state index contributed by atoms with van der Waals surface area (Å²) in [5, 5.41) is 8.93. The van der Waals surface area contributed by atoms with E-state index in [2.05, 4.69) is 25.1 Å². The lowest BCUT2D eigenvalue weighted by Gasteiger charge is -2.07. The van der Waals surface area contributed by atoms with Gasteiger partial charge in [-0.05, 0) is 36.1 Å². The van der Waals surface area contributed by atoms with Crippen molar-refractivity contribution >= 4 is 34.6 Å². The molecule has 8 heteroatoms. The Balaban J connectivity index is 1.64. The summed E-state index contributed by atoms with van der Waals surface area (Å²) in [4.78, 5) is 20.0. The van der Waals surface area contributed by atoms with Crippen LogP contribution < -0.4 is 10.4 Å². The van der Waals surface area contributed by atoms with Crippen LogP contribution in [0, 0.1) is 6.92 Å². The van der Waals surface area contributed by atoms with Crippen LogP contribution >= 0.6 is 22.7 Å². The van der Waals surface area contributed by atoms with Gasteiger partial charge in [-0.1, -0.05) is 61.5 Å². The highest BCUT2D eigenvalue weighted by Crippen LogP contribution is 2.26. The van der Waals surface area contributed by atoms with E-state index < -0.39 is 0 Å². The molecule has 6 nitrogen and oxygen atoms in total. The molecular weight excluding hydrogens is 474 g/mol. The standard InChI is InChI=1S/C27H25N5OS2/c1-19(21-11-6-4-7-12-21)17-28-31-23(24-15-10-16-34-24)18-35-27(31)29-25-20(2)30(3)32(26(25)33)22-13-8-5-9-14-22/h4-19H,1-3H3. The van der Waals surface area contributed by atoms with Gasteiger partial charge in [0.15, 0.2) is 5.69 Å². The monoisotopic (exact) mass is 499 g/mol. The van der Waals surface area contributed by atoms with Crippen molar-refractivity contribution in [3.8, 4) is 16.3 Å². The molecule has 0 fully saturated rings. The first kappa shape index (κ1) is 23.0. The third kappa shape index (κ3) is 4.50. The molecule has 0 amide bonds. The second kappa shape index (κ2) is 9.85. The highest BCUT2D eigenvalue weighted by atomic mass is 32.1. The molecule has 0 N–H and O–H groups in total. The van der Waals surface area contributed by atoms with E-state index in [1.54, 1.807) is 16.0 Å². The van der Waals surface area contributed by atoms with Gasteiger partial charge in [-0.25, -0.2) is 14.4 Å². The number of benzene rings is 2. The molecule has 0 aliphatic heterocycles. The Morgan fingerprint density at radius 2 is 1.66 bits per heavy atom. The molecular formula is C27H25N5OS2. The molecule has 176 valence electrons. The summed E-state index contributed by atoms with van der Waals surface area (Å²) >= 11 is 3.13. The summed E-state index contributed by atoms with van der Waals surface area (Å²) in [6.07, 6.45) is 1.93. The number of rotatable bonds is 6. The van der Waals surface area contributed by atoms with Crippen molar-refractivity contribution < 1.29 is 0 Å². The van der Waals surface area contributed by atoms with Crippen LogP contribution in [0.3, 0.4) is 0 Å². The fourth-order valence-corrected chi connectivity index (χ4v) is 5.51. The number of hydrogen-bond donors (Lipinski definition) is 0. The summed E-state index contributed by atoms with van der Waals surface area (Å²) in [7, 11) is 1.88. The van der Waals surface area contributed by atoms with Gasteiger partial charge >= 0.3 is 0 Å². The average Bonchev–Trinajstić information content (AvgIpc) is 3.60.